The molecule has 1 saturated carbocycles. The molecule has 1 fully saturated rings. The van der Waals surface area contributed by atoms with Crippen LogP contribution in [0.2, 0.25) is 5.15 Å². The molecule has 21 heavy (non-hydrogen) atoms. The summed E-state index contributed by atoms with van der Waals surface area (Å²) in [5.74, 6) is 0.545. The first-order valence-electron chi connectivity index (χ1n) is 7.33. The molecule has 0 radical (unpaired) electrons. The van der Waals surface area contributed by atoms with E-state index in [9.17, 15) is 0 Å². The van der Waals surface area contributed by atoms with E-state index in [1.807, 2.05) is 12.3 Å². The van der Waals surface area contributed by atoms with Gasteiger partial charge in [-0.3, -0.25) is 0 Å². The molecule has 4 rings (SSSR count). The van der Waals surface area contributed by atoms with E-state index < -0.39 is 0 Å². The average molecular weight is 318 g/mol. The molecular weight excluding hydrogens is 302 g/mol. The molecule has 0 aromatic carbocycles. The quantitative estimate of drug-likeness (QED) is 0.617. The fraction of sp³-hybridized carbons (Fsp3) is 0.375. The van der Waals surface area contributed by atoms with Crippen LogP contribution in [0.5, 0.6) is 0 Å². The Balaban J connectivity index is 1.92. The third-order valence-corrected chi connectivity index (χ3v) is 5.63. The molecule has 108 valence electrons. The summed E-state index contributed by atoms with van der Waals surface area (Å²) in [7, 11) is 0. The minimum Gasteiger partial charge on any atom is -0.233 e. The number of aromatic nitrogens is 3. The van der Waals surface area contributed by atoms with Crippen LogP contribution in [0, 0.1) is 6.92 Å². The Morgan fingerprint density at radius 3 is 2.86 bits per heavy atom. The predicted octanol–water partition coefficient (Wildman–Crippen LogP) is 5.08. The highest BCUT2D eigenvalue weighted by Crippen LogP contribution is 2.40. The van der Waals surface area contributed by atoms with Crippen LogP contribution < -0.4 is 0 Å². The Kier molecular flexibility index (Phi) is 3.23. The first-order chi connectivity index (χ1) is 10.3. The van der Waals surface area contributed by atoms with Gasteiger partial charge in [0, 0.05) is 16.1 Å². The number of hydrogen-bond donors (Lipinski definition) is 0. The molecular formula is C16H16ClN3S. The summed E-state index contributed by atoms with van der Waals surface area (Å²) in [6.45, 7) is 2.07. The van der Waals surface area contributed by atoms with Crippen molar-refractivity contribution in [1.82, 2.24) is 14.6 Å². The summed E-state index contributed by atoms with van der Waals surface area (Å²) in [4.78, 5) is 6.00. The van der Waals surface area contributed by atoms with Gasteiger partial charge in [0.05, 0.1) is 11.8 Å². The summed E-state index contributed by atoms with van der Waals surface area (Å²) in [5, 5.41) is 7.29. The van der Waals surface area contributed by atoms with Gasteiger partial charge in [0.2, 0.25) is 0 Å². The van der Waals surface area contributed by atoms with Gasteiger partial charge in [0.25, 0.3) is 0 Å². The maximum Gasteiger partial charge on any atom is 0.165 e. The van der Waals surface area contributed by atoms with Gasteiger partial charge in [-0.15, -0.1) is 11.3 Å². The minimum atomic E-state index is 0.545. The van der Waals surface area contributed by atoms with Crippen molar-refractivity contribution in [2.75, 3.05) is 0 Å². The first kappa shape index (κ1) is 13.3. The highest BCUT2D eigenvalue weighted by atomic mass is 35.5. The van der Waals surface area contributed by atoms with E-state index in [0.29, 0.717) is 5.92 Å². The number of thiophene rings is 1. The normalized spacial score (nSPS) is 16.1. The monoisotopic (exact) mass is 317 g/mol. The highest BCUT2D eigenvalue weighted by Gasteiger charge is 2.25. The van der Waals surface area contributed by atoms with Gasteiger partial charge in [-0.2, -0.15) is 5.10 Å². The summed E-state index contributed by atoms with van der Waals surface area (Å²) in [5.41, 5.74) is 4.18. The number of halogens is 1. The average Bonchev–Trinajstić information content (AvgIpc) is 3.19. The second-order valence-corrected chi connectivity index (χ2v) is 6.96. The second kappa shape index (κ2) is 5.11. The van der Waals surface area contributed by atoms with E-state index in [0.717, 1.165) is 22.1 Å². The molecule has 3 aromatic rings. The molecule has 3 nitrogen and oxygen atoms in total. The molecule has 0 bridgehead atoms. The molecule has 0 spiro atoms. The number of fused-ring (bicyclic) bond motifs is 1. The highest BCUT2D eigenvalue weighted by molar-refractivity contribution is 7.13. The molecule has 0 amide bonds. The van der Waals surface area contributed by atoms with Crippen LogP contribution in [0.1, 0.15) is 42.9 Å². The Bertz CT molecular complexity index is 786. The van der Waals surface area contributed by atoms with Crippen LogP contribution in [-0.2, 0) is 0 Å². The van der Waals surface area contributed by atoms with Crippen molar-refractivity contribution >= 4 is 28.6 Å². The summed E-state index contributed by atoms with van der Waals surface area (Å²) < 4.78 is 1.80. The Labute approximate surface area is 132 Å². The summed E-state index contributed by atoms with van der Waals surface area (Å²) in [6, 6.07) is 4.14. The number of rotatable bonds is 2. The number of aryl methyl sites for hydroxylation is 1. The molecule has 1 aliphatic carbocycles. The zero-order valence-corrected chi connectivity index (χ0v) is 13.4. The molecule has 0 unspecified atom stereocenters. The molecule has 3 heterocycles. The molecule has 5 heteroatoms. The van der Waals surface area contributed by atoms with Gasteiger partial charge in [-0.05, 0) is 37.1 Å². The maximum absolute atomic E-state index is 6.67. The van der Waals surface area contributed by atoms with Crippen molar-refractivity contribution in [1.29, 1.82) is 0 Å². The Morgan fingerprint density at radius 2 is 2.14 bits per heavy atom. The zero-order chi connectivity index (χ0) is 14.4. The fourth-order valence-corrected chi connectivity index (χ4v) is 4.51. The van der Waals surface area contributed by atoms with E-state index in [1.165, 1.54) is 36.1 Å². The van der Waals surface area contributed by atoms with Crippen LogP contribution in [0.15, 0.2) is 23.7 Å². The third kappa shape index (κ3) is 2.09. The molecule has 0 saturated heterocycles. The largest absolute Gasteiger partial charge is 0.233 e. The van der Waals surface area contributed by atoms with Crippen LogP contribution in [0.3, 0.4) is 0 Å². The van der Waals surface area contributed by atoms with Crippen LogP contribution in [0.4, 0.5) is 0 Å². The van der Waals surface area contributed by atoms with Crippen LogP contribution in [0.25, 0.3) is 16.1 Å². The van der Waals surface area contributed by atoms with Crippen LogP contribution >= 0.6 is 22.9 Å². The summed E-state index contributed by atoms with van der Waals surface area (Å²) in [6.07, 6.45) is 6.88. The molecule has 3 aromatic heterocycles. The van der Waals surface area contributed by atoms with Crippen molar-refractivity contribution in [2.24, 2.45) is 0 Å². The molecule has 0 atom stereocenters. The Hall–Kier alpha value is -1.39. The summed E-state index contributed by atoms with van der Waals surface area (Å²) >= 11 is 8.37. The van der Waals surface area contributed by atoms with Crippen molar-refractivity contribution in [3.8, 4) is 10.4 Å². The van der Waals surface area contributed by atoms with E-state index in [2.05, 4.69) is 23.5 Å². The van der Waals surface area contributed by atoms with Crippen LogP contribution in [-0.4, -0.2) is 14.6 Å². The van der Waals surface area contributed by atoms with Crippen molar-refractivity contribution < 1.29 is 0 Å². The van der Waals surface area contributed by atoms with E-state index in [4.69, 9.17) is 16.6 Å². The molecule has 0 aliphatic heterocycles. The lowest BCUT2D eigenvalue weighted by molar-refractivity contribution is 0.700. The smallest absolute Gasteiger partial charge is 0.165 e. The van der Waals surface area contributed by atoms with E-state index in [-0.39, 0.29) is 0 Å². The fourth-order valence-electron chi connectivity index (χ4n) is 3.36. The predicted molar refractivity (Wildman–Crippen MR) is 87.3 cm³/mol. The standard InChI is InChI=1S/C16H16ClN3S/c1-10-14(11-5-2-3-6-11)15(17)20-16(19-10)12(9-18-20)13-7-4-8-21-13/h4,7-9,11H,2-3,5-6H2,1H3. The van der Waals surface area contributed by atoms with Gasteiger partial charge in [0.1, 0.15) is 5.15 Å². The van der Waals surface area contributed by atoms with E-state index >= 15 is 0 Å². The lowest BCUT2D eigenvalue weighted by atomic mass is 9.98. The van der Waals surface area contributed by atoms with Gasteiger partial charge < -0.3 is 0 Å². The molecule has 1 aliphatic rings. The van der Waals surface area contributed by atoms with Gasteiger partial charge >= 0.3 is 0 Å². The van der Waals surface area contributed by atoms with Crippen molar-refractivity contribution in [3.63, 3.8) is 0 Å². The van der Waals surface area contributed by atoms with Crippen molar-refractivity contribution in [2.45, 2.75) is 38.5 Å². The topological polar surface area (TPSA) is 30.2 Å². The minimum absolute atomic E-state index is 0.545. The van der Waals surface area contributed by atoms with E-state index in [1.54, 1.807) is 15.9 Å². The van der Waals surface area contributed by atoms with Gasteiger partial charge in [-0.25, -0.2) is 9.50 Å². The zero-order valence-electron chi connectivity index (χ0n) is 11.8. The second-order valence-electron chi connectivity index (χ2n) is 5.65. The SMILES string of the molecule is Cc1nc2c(-c3cccs3)cnn2c(Cl)c1C1CCCC1. The lowest BCUT2D eigenvalue weighted by Gasteiger charge is -2.15. The van der Waals surface area contributed by atoms with Gasteiger partial charge in [0.15, 0.2) is 5.65 Å². The first-order valence-corrected chi connectivity index (χ1v) is 8.59. The maximum atomic E-state index is 6.67. The molecule has 0 N–H and O–H groups in total. The number of hydrogen-bond acceptors (Lipinski definition) is 3. The third-order valence-electron chi connectivity index (χ3n) is 4.37. The van der Waals surface area contributed by atoms with Gasteiger partial charge in [-0.1, -0.05) is 30.5 Å². The number of nitrogens with zero attached hydrogens (tertiary/aromatic N) is 3. The lowest BCUT2D eigenvalue weighted by Crippen LogP contribution is -2.05. The van der Waals surface area contributed by atoms with Crippen molar-refractivity contribution in [3.05, 3.63) is 40.1 Å². The Morgan fingerprint density at radius 1 is 1.33 bits per heavy atom.